The average molecular weight is 206 g/mol. The van der Waals surface area contributed by atoms with E-state index in [1.54, 1.807) is 0 Å². The lowest BCUT2D eigenvalue weighted by atomic mass is 10.1. The van der Waals surface area contributed by atoms with Gasteiger partial charge in [-0.3, -0.25) is 0 Å². The van der Waals surface area contributed by atoms with Crippen molar-refractivity contribution in [1.29, 1.82) is 0 Å². The first-order valence-electron chi connectivity index (χ1n) is 5.39. The van der Waals surface area contributed by atoms with Gasteiger partial charge in [0.2, 0.25) is 0 Å². The van der Waals surface area contributed by atoms with Gasteiger partial charge in [-0.15, -0.1) is 0 Å². The number of hydrogen-bond donors (Lipinski definition) is 1. The number of nitrogens with zero attached hydrogens (tertiary/aromatic N) is 1. The molecule has 2 N–H and O–H groups in total. The molecular formula is C12H18N2O. The van der Waals surface area contributed by atoms with Crippen LogP contribution in [-0.4, -0.2) is 25.8 Å². The fourth-order valence-corrected chi connectivity index (χ4v) is 2.09. The van der Waals surface area contributed by atoms with Crippen LogP contribution in [-0.2, 0) is 4.74 Å². The van der Waals surface area contributed by atoms with Crippen LogP contribution in [0, 0.1) is 6.92 Å². The molecule has 1 atom stereocenters. The fraction of sp³-hybridized carbons (Fsp3) is 0.500. The second kappa shape index (κ2) is 4.11. The third-order valence-electron chi connectivity index (χ3n) is 2.90. The maximum Gasteiger partial charge on any atom is 0.0668 e. The van der Waals surface area contributed by atoms with Crippen molar-refractivity contribution in [3.8, 4) is 0 Å². The highest BCUT2D eigenvalue weighted by atomic mass is 16.5. The smallest absolute Gasteiger partial charge is 0.0668 e. The van der Waals surface area contributed by atoms with Gasteiger partial charge in [0, 0.05) is 24.0 Å². The summed E-state index contributed by atoms with van der Waals surface area (Å²) in [5.41, 5.74) is 9.10. The van der Waals surface area contributed by atoms with Crippen molar-refractivity contribution in [3.63, 3.8) is 0 Å². The van der Waals surface area contributed by atoms with Gasteiger partial charge in [-0.25, -0.2) is 0 Å². The number of morpholine rings is 1. The number of rotatable bonds is 1. The number of hydrogen-bond acceptors (Lipinski definition) is 3. The second-order valence-electron chi connectivity index (χ2n) is 4.16. The van der Waals surface area contributed by atoms with E-state index in [1.165, 1.54) is 11.3 Å². The largest absolute Gasteiger partial charge is 0.399 e. The topological polar surface area (TPSA) is 38.5 Å². The molecule has 1 heterocycles. The Bertz CT molecular complexity index is 351. The van der Waals surface area contributed by atoms with Gasteiger partial charge in [-0.05, 0) is 37.6 Å². The van der Waals surface area contributed by atoms with Gasteiger partial charge in [0.1, 0.15) is 0 Å². The molecule has 1 saturated heterocycles. The zero-order chi connectivity index (χ0) is 10.8. The molecule has 3 heteroatoms. The molecule has 0 bridgehead atoms. The number of benzene rings is 1. The molecule has 0 unspecified atom stereocenters. The van der Waals surface area contributed by atoms with Crippen molar-refractivity contribution in [1.82, 2.24) is 0 Å². The van der Waals surface area contributed by atoms with Crippen molar-refractivity contribution in [2.75, 3.05) is 30.4 Å². The van der Waals surface area contributed by atoms with E-state index in [-0.39, 0.29) is 0 Å². The zero-order valence-electron chi connectivity index (χ0n) is 9.36. The summed E-state index contributed by atoms with van der Waals surface area (Å²) in [4.78, 5) is 2.39. The van der Waals surface area contributed by atoms with E-state index in [9.17, 15) is 0 Å². The predicted octanol–water partition coefficient (Wildman–Crippen LogP) is 1.80. The summed E-state index contributed by atoms with van der Waals surface area (Å²) in [7, 11) is 0. The third-order valence-corrected chi connectivity index (χ3v) is 2.90. The Kier molecular flexibility index (Phi) is 2.82. The van der Waals surface area contributed by atoms with Gasteiger partial charge in [0.05, 0.1) is 13.2 Å². The Balaban J connectivity index is 2.27. The molecule has 0 spiro atoms. The van der Waals surface area contributed by atoms with E-state index in [2.05, 4.69) is 24.8 Å². The maximum absolute atomic E-state index is 5.75. The van der Waals surface area contributed by atoms with Crippen LogP contribution in [0.3, 0.4) is 0 Å². The van der Waals surface area contributed by atoms with Gasteiger partial charge in [0.25, 0.3) is 0 Å². The summed E-state index contributed by atoms with van der Waals surface area (Å²) >= 11 is 0. The highest BCUT2D eigenvalue weighted by Crippen LogP contribution is 2.25. The van der Waals surface area contributed by atoms with Crippen LogP contribution in [0.1, 0.15) is 12.5 Å². The Hall–Kier alpha value is -1.22. The van der Waals surface area contributed by atoms with Crippen molar-refractivity contribution < 1.29 is 4.74 Å². The van der Waals surface area contributed by atoms with Gasteiger partial charge >= 0.3 is 0 Å². The molecule has 15 heavy (non-hydrogen) atoms. The summed E-state index contributed by atoms with van der Waals surface area (Å²) in [5.74, 6) is 0. The first-order valence-corrected chi connectivity index (χ1v) is 5.39. The van der Waals surface area contributed by atoms with E-state index >= 15 is 0 Å². The molecule has 1 aliphatic rings. The van der Waals surface area contributed by atoms with Crippen LogP contribution >= 0.6 is 0 Å². The van der Waals surface area contributed by atoms with Crippen molar-refractivity contribution >= 4 is 11.4 Å². The average Bonchev–Trinajstić information content (AvgIpc) is 2.20. The Morgan fingerprint density at radius 1 is 1.47 bits per heavy atom. The highest BCUT2D eigenvalue weighted by molar-refractivity contribution is 5.59. The molecule has 1 aromatic rings. The maximum atomic E-state index is 5.75. The molecule has 0 aromatic heterocycles. The SMILES string of the molecule is Cc1cc(N)ccc1N1CCOC[C@@H]1C. The van der Waals surface area contributed by atoms with Crippen LogP contribution in [0.5, 0.6) is 0 Å². The Morgan fingerprint density at radius 3 is 2.93 bits per heavy atom. The van der Waals surface area contributed by atoms with E-state index < -0.39 is 0 Å². The minimum atomic E-state index is 0.445. The number of ether oxygens (including phenoxy) is 1. The monoisotopic (exact) mass is 206 g/mol. The molecule has 0 amide bonds. The molecule has 82 valence electrons. The standard InChI is InChI=1S/C12H18N2O/c1-9-7-11(13)3-4-12(9)14-5-6-15-8-10(14)2/h3-4,7,10H,5-6,8,13H2,1-2H3/t10-/m0/s1. The van der Waals surface area contributed by atoms with E-state index in [0.717, 1.165) is 25.4 Å². The number of aryl methyl sites for hydroxylation is 1. The van der Waals surface area contributed by atoms with Crippen LogP contribution in [0.4, 0.5) is 11.4 Å². The Morgan fingerprint density at radius 2 is 2.27 bits per heavy atom. The zero-order valence-corrected chi connectivity index (χ0v) is 9.36. The summed E-state index contributed by atoms with van der Waals surface area (Å²) < 4.78 is 5.43. The molecule has 0 radical (unpaired) electrons. The van der Waals surface area contributed by atoms with Gasteiger partial charge in [-0.2, -0.15) is 0 Å². The summed E-state index contributed by atoms with van der Waals surface area (Å²) in [6.07, 6.45) is 0. The van der Waals surface area contributed by atoms with Crippen molar-refractivity contribution in [2.24, 2.45) is 0 Å². The van der Waals surface area contributed by atoms with Crippen LogP contribution in [0.25, 0.3) is 0 Å². The first-order chi connectivity index (χ1) is 7.18. The van der Waals surface area contributed by atoms with Gasteiger partial charge in [0.15, 0.2) is 0 Å². The lowest BCUT2D eigenvalue weighted by Crippen LogP contribution is -2.44. The number of nitrogen functional groups attached to an aromatic ring is 1. The summed E-state index contributed by atoms with van der Waals surface area (Å²) in [6.45, 7) is 6.88. The molecule has 0 aliphatic carbocycles. The van der Waals surface area contributed by atoms with Crippen molar-refractivity contribution in [2.45, 2.75) is 19.9 Å². The number of anilines is 2. The molecular weight excluding hydrogens is 188 g/mol. The summed E-state index contributed by atoms with van der Waals surface area (Å²) in [6, 6.07) is 6.54. The number of nitrogens with two attached hydrogens (primary N) is 1. The van der Waals surface area contributed by atoms with E-state index in [1.807, 2.05) is 12.1 Å². The highest BCUT2D eigenvalue weighted by Gasteiger charge is 2.20. The normalized spacial score (nSPS) is 21.7. The van der Waals surface area contributed by atoms with Crippen LogP contribution < -0.4 is 10.6 Å². The lowest BCUT2D eigenvalue weighted by Gasteiger charge is -2.36. The molecule has 1 aliphatic heterocycles. The van der Waals surface area contributed by atoms with Crippen LogP contribution in [0.15, 0.2) is 18.2 Å². The van der Waals surface area contributed by atoms with E-state index in [4.69, 9.17) is 10.5 Å². The van der Waals surface area contributed by atoms with Crippen LogP contribution in [0.2, 0.25) is 0 Å². The van der Waals surface area contributed by atoms with E-state index in [0.29, 0.717) is 6.04 Å². The third kappa shape index (κ3) is 2.07. The fourth-order valence-electron chi connectivity index (χ4n) is 2.09. The quantitative estimate of drug-likeness (QED) is 0.712. The molecule has 1 fully saturated rings. The lowest BCUT2D eigenvalue weighted by molar-refractivity contribution is 0.0989. The minimum absolute atomic E-state index is 0.445. The molecule has 3 nitrogen and oxygen atoms in total. The van der Waals surface area contributed by atoms with Crippen molar-refractivity contribution in [3.05, 3.63) is 23.8 Å². The molecule has 2 rings (SSSR count). The second-order valence-corrected chi connectivity index (χ2v) is 4.16. The van der Waals surface area contributed by atoms with Gasteiger partial charge in [-0.1, -0.05) is 0 Å². The minimum Gasteiger partial charge on any atom is -0.399 e. The van der Waals surface area contributed by atoms with Gasteiger partial charge < -0.3 is 15.4 Å². The predicted molar refractivity (Wildman–Crippen MR) is 63.2 cm³/mol. The Labute approximate surface area is 90.8 Å². The summed E-state index contributed by atoms with van der Waals surface area (Å²) in [5, 5.41) is 0. The first kappa shape index (κ1) is 10.3. The molecule has 1 aromatic carbocycles. The molecule has 0 saturated carbocycles.